The summed E-state index contributed by atoms with van der Waals surface area (Å²) in [4.78, 5) is 2.56. The highest BCUT2D eigenvalue weighted by Crippen LogP contribution is 2.36. The van der Waals surface area contributed by atoms with E-state index in [4.69, 9.17) is 0 Å². The minimum absolute atomic E-state index is 0.561. The average molecular weight is 299 g/mol. The molecule has 0 saturated carbocycles. The predicted molar refractivity (Wildman–Crippen MR) is 70.7 cm³/mol. The first-order chi connectivity index (χ1) is 8.19. The molecule has 0 radical (unpaired) electrons. The molecule has 1 unspecified atom stereocenters. The molecule has 2 aliphatic rings. The Morgan fingerprint density at radius 2 is 2.41 bits per heavy atom. The summed E-state index contributed by atoms with van der Waals surface area (Å²) in [5, 5.41) is 7.78. The van der Waals surface area contributed by atoms with Crippen molar-refractivity contribution in [3.8, 4) is 0 Å². The van der Waals surface area contributed by atoms with Crippen molar-refractivity contribution in [1.82, 2.24) is 20.0 Å². The van der Waals surface area contributed by atoms with Crippen LogP contribution in [0.15, 0.2) is 10.7 Å². The largest absolute Gasteiger partial charge is 0.316 e. The maximum absolute atomic E-state index is 4.28. The van der Waals surface area contributed by atoms with Crippen molar-refractivity contribution in [1.29, 1.82) is 0 Å². The Bertz CT molecular complexity index is 389. The van der Waals surface area contributed by atoms with E-state index in [2.05, 4.69) is 31.2 Å². The third-order valence-electron chi connectivity index (χ3n) is 4.23. The number of rotatable bonds is 2. The molecule has 3 heterocycles. The lowest BCUT2D eigenvalue weighted by molar-refractivity contribution is 0.263. The Morgan fingerprint density at radius 1 is 1.53 bits per heavy atom. The van der Waals surface area contributed by atoms with Crippen molar-refractivity contribution in [3.05, 3.63) is 16.4 Å². The number of nitrogens with one attached hydrogen (secondary N) is 1. The SMILES string of the molecule is Cn1ncc(Br)c1CN1CCC2(CCNC2)C1. The van der Waals surface area contributed by atoms with Gasteiger partial charge in [-0.15, -0.1) is 0 Å². The van der Waals surface area contributed by atoms with Crippen LogP contribution in [-0.4, -0.2) is 40.9 Å². The highest BCUT2D eigenvalue weighted by molar-refractivity contribution is 9.10. The van der Waals surface area contributed by atoms with Gasteiger partial charge in [-0.3, -0.25) is 9.58 Å². The smallest absolute Gasteiger partial charge is 0.0663 e. The summed E-state index contributed by atoms with van der Waals surface area (Å²) in [5.41, 5.74) is 1.85. The third kappa shape index (κ3) is 2.16. The van der Waals surface area contributed by atoms with E-state index in [9.17, 15) is 0 Å². The summed E-state index contributed by atoms with van der Waals surface area (Å²) in [6, 6.07) is 0. The second kappa shape index (κ2) is 4.37. The van der Waals surface area contributed by atoms with Crippen LogP contribution in [0.5, 0.6) is 0 Å². The van der Waals surface area contributed by atoms with Gasteiger partial charge in [-0.1, -0.05) is 0 Å². The van der Waals surface area contributed by atoms with E-state index in [1.165, 1.54) is 44.7 Å². The first kappa shape index (κ1) is 11.7. The molecule has 1 N–H and O–H groups in total. The number of aromatic nitrogens is 2. The van der Waals surface area contributed by atoms with Gasteiger partial charge < -0.3 is 5.32 Å². The van der Waals surface area contributed by atoms with Crippen LogP contribution in [0.4, 0.5) is 0 Å². The van der Waals surface area contributed by atoms with Crippen LogP contribution in [-0.2, 0) is 13.6 Å². The van der Waals surface area contributed by atoms with Gasteiger partial charge in [0.05, 0.1) is 16.4 Å². The zero-order valence-electron chi connectivity index (χ0n) is 10.2. The van der Waals surface area contributed by atoms with Gasteiger partial charge in [0.15, 0.2) is 0 Å². The van der Waals surface area contributed by atoms with Gasteiger partial charge in [-0.2, -0.15) is 5.10 Å². The molecule has 94 valence electrons. The molecule has 2 saturated heterocycles. The summed E-state index contributed by atoms with van der Waals surface area (Å²) < 4.78 is 3.10. The molecule has 1 aromatic heterocycles. The van der Waals surface area contributed by atoms with Gasteiger partial charge in [0, 0.05) is 26.7 Å². The summed E-state index contributed by atoms with van der Waals surface area (Å²) >= 11 is 3.58. The van der Waals surface area contributed by atoms with Crippen LogP contribution < -0.4 is 5.32 Å². The number of aryl methyl sites for hydroxylation is 1. The fourth-order valence-electron chi connectivity index (χ4n) is 3.13. The Labute approximate surface area is 110 Å². The lowest BCUT2D eigenvalue weighted by atomic mass is 9.87. The lowest BCUT2D eigenvalue weighted by Crippen LogP contribution is -2.29. The number of hydrogen-bond acceptors (Lipinski definition) is 3. The van der Waals surface area contributed by atoms with Gasteiger partial charge in [-0.05, 0) is 47.3 Å². The fourth-order valence-corrected chi connectivity index (χ4v) is 3.61. The number of likely N-dealkylation sites (tertiary alicyclic amines) is 1. The van der Waals surface area contributed by atoms with Gasteiger partial charge in [0.2, 0.25) is 0 Å². The second-order valence-electron chi connectivity index (χ2n) is 5.45. The summed E-state index contributed by atoms with van der Waals surface area (Å²) in [7, 11) is 2.02. The van der Waals surface area contributed by atoms with Crippen molar-refractivity contribution in [3.63, 3.8) is 0 Å². The van der Waals surface area contributed by atoms with Gasteiger partial charge in [-0.25, -0.2) is 0 Å². The number of halogens is 1. The van der Waals surface area contributed by atoms with E-state index in [-0.39, 0.29) is 0 Å². The molecular weight excluding hydrogens is 280 g/mol. The van der Waals surface area contributed by atoms with Crippen LogP contribution in [0, 0.1) is 5.41 Å². The van der Waals surface area contributed by atoms with Crippen molar-refractivity contribution >= 4 is 15.9 Å². The topological polar surface area (TPSA) is 33.1 Å². The summed E-state index contributed by atoms with van der Waals surface area (Å²) in [5.74, 6) is 0. The van der Waals surface area contributed by atoms with Gasteiger partial charge in [0.1, 0.15) is 0 Å². The number of hydrogen-bond donors (Lipinski definition) is 1. The molecule has 1 aromatic rings. The maximum Gasteiger partial charge on any atom is 0.0663 e. The molecule has 0 aliphatic carbocycles. The Morgan fingerprint density at radius 3 is 3.06 bits per heavy atom. The average Bonchev–Trinajstić information content (AvgIpc) is 3.00. The molecule has 2 fully saturated rings. The Hall–Kier alpha value is -0.390. The standard InChI is InChI=1S/C12H19BrN4/c1-16-11(10(13)6-15-16)7-17-5-3-12(9-17)2-4-14-8-12/h6,14H,2-5,7-9H2,1H3. The monoisotopic (exact) mass is 298 g/mol. The molecule has 0 amide bonds. The highest BCUT2D eigenvalue weighted by Gasteiger charge is 2.40. The molecule has 1 spiro atoms. The van der Waals surface area contributed by atoms with Crippen molar-refractivity contribution in [2.75, 3.05) is 26.2 Å². The van der Waals surface area contributed by atoms with Gasteiger partial charge >= 0.3 is 0 Å². The van der Waals surface area contributed by atoms with Crippen LogP contribution in [0.2, 0.25) is 0 Å². The molecule has 4 nitrogen and oxygen atoms in total. The second-order valence-corrected chi connectivity index (χ2v) is 6.30. The summed E-state index contributed by atoms with van der Waals surface area (Å²) in [6.07, 6.45) is 4.57. The normalized spacial score (nSPS) is 29.5. The predicted octanol–water partition coefficient (Wildman–Crippen LogP) is 1.37. The van der Waals surface area contributed by atoms with Crippen LogP contribution in [0.3, 0.4) is 0 Å². The van der Waals surface area contributed by atoms with E-state index >= 15 is 0 Å². The number of nitrogens with zero attached hydrogens (tertiary/aromatic N) is 3. The fraction of sp³-hybridized carbons (Fsp3) is 0.750. The molecular formula is C12H19BrN4. The quantitative estimate of drug-likeness (QED) is 0.895. The molecule has 17 heavy (non-hydrogen) atoms. The summed E-state index contributed by atoms with van der Waals surface area (Å²) in [6.45, 7) is 5.87. The van der Waals surface area contributed by atoms with Crippen molar-refractivity contribution < 1.29 is 0 Å². The van der Waals surface area contributed by atoms with Crippen LogP contribution >= 0.6 is 15.9 Å². The van der Waals surface area contributed by atoms with Crippen LogP contribution in [0.1, 0.15) is 18.5 Å². The molecule has 5 heteroatoms. The zero-order chi connectivity index (χ0) is 11.9. The zero-order valence-corrected chi connectivity index (χ0v) is 11.8. The third-order valence-corrected chi connectivity index (χ3v) is 4.90. The van der Waals surface area contributed by atoms with E-state index < -0.39 is 0 Å². The minimum Gasteiger partial charge on any atom is -0.316 e. The first-order valence-electron chi connectivity index (χ1n) is 6.28. The molecule has 0 aromatic carbocycles. The van der Waals surface area contributed by atoms with E-state index in [0.29, 0.717) is 5.41 Å². The highest BCUT2D eigenvalue weighted by atomic mass is 79.9. The molecule has 1 atom stereocenters. The van der Waals surface area contributed by atoms with Crippen molar-refractivity contribution in [2.24, 2.45) is 12.5 Å². The van der Waals surface area contributed by atoms with Crippen LogP contribution in [0.25, 0.3) is 0 Å². The molecule has 0 bridgehead atoms. The van der Waals surface area contributed by atoms with Gasteiger partial charge in [0.25, 0.3) is 0 Å². The Kier molecular flexibility index (Phi) is 3.00. The minimum atomic E-state index is 0.561. The van der Waals surface area contributed by atoms with E-state index in [0.717, 1.165) is 11.0 Å². The maximum atomic E-state index is 4.28. The Balaban J connectivity index is 1.68. The lowest BCUT2D eigenvalue weighted by Gasteiger charge is -2.22. The van der Waals surface area contributed by atoms with E-state index in [1.807, 2.05) is 17.9 Å². The molecule has 3 rings (SSSR count). The van der Waals surface area contributed by atoms with Crippen molar-refractivity contribution in [2.45, 2.75) is 19.4 Å². The molecule has 2 aliphatic heterocycles. The first-order valence-corrected chi connectivity index (χ1v) is 7.07. The van der Waals surface area contributed by atoms with E-state index in [1.54, 1.807) is 0 Å².